The summed E-state index contributed by atoms with van der Waals surface area (Å²) in [4.78, 5) is 33.0. The summed E-state index contributed by atoms with van der Waals surface area (Å²) < 4.78 is 0. The summed E-state index contributed by atoms with van der Waals surface area (Å²) in [6, 6.07) is 13.3. The molecule has 2 N–H and O–H groups in total. The Bertz CT molecular complexity index is 700. The molecule has 0 bridgehead atoms. The SMILES string of the molecule is CC(CC=O)(Cc1ccc(C(=O)O)cc1)Cc1ccc(C(=O)O)cc1. The van der Waals surface area contributed by atoms with E-state index in [4.69, 9.17) is 10.2 Å². The van der Waals surface area contributed by atoms with Crippen LogP contribution >= 0.6 is 0 Å². The Morgan fingerprint density at radius 3 is 1.48 bits per heavy atom. The molecule has 0 fully saturated rings. The van der Waals surface area contributed by atoms with Gasteiger partial charge in [0, 0.05) is 6.42 Å². The van der Waals surface area contributed by atoms with Gasteiger partial charge in [-0.15, -0.1) is 0 Å². The van der Waals surface area contributed by atoms with E-state index < -0.39 is 11.9 Å². The lowest BCUT2D eigenvalue weighted by molar-refractivity contribution is -0.109. The Morgan fingerprint density at radius 2 is 1.20 bits per heavy atom. The van der Waals surface area contributed by atoms with Gasteiger partial charge in [-0.1, -0.05) is 31.2 Å². The first-order valence-electron chi connectivity index (χ1n) is 7.91. The van der Waals surface area contributed by atoms with Crippen molar-refractivity contribution in [2.45, 2.75) is 26.2 Å². The number of hydrogen-bond donors (Lipinski definition) is 2. The summed E-state index contributed by atoms with van der Waals surface area (Å²) in [6.45, 7) is 2.00. The molecular formula is C20H20O5. The molecule has 0 aliphatic rings. The third-order valence-electron chi connectivity index (χ3n) is 4.24. The van der Waals surface area contributed by atoms with Crippen LogP contribution in [0.4, 0.5) is 0 Å². The van der Waals surface area contributed by atoms with Crippen molar-refractivity contribution in [3.63, 3.8) is 0 Å². The molecule has 2 rings (SSSR count). The van der Waals surface area contributed by atoms with Crippen LogP contribution in [0.3, 0.4) is 0 Å². The number of carboxylic acid groups (broad SMARTS) is 2. The van der Waals surface area contributed by atoms with E-state index in [0.29, 0.717) is 19.3 Å². The van der Waals surface area contributed by atoms with E-state index in [0.717, 1.165) is 17.4 Å². The van der Waals surface area contributed by atoms with Crippen LogP contribution in [0.2, 0.25) is 0 Å². The summed E-state index contributed by atoms with van der Waals surface area (Å²) in [7, 11) is 0. The van der Waals surface area contributed by atoms with Crippen LogP contribution in [-0.2, 0) is 17.6 Å². The minimum Gasteiger partial charge on any atom is -0.478 e. The topological polar surface area (TPSA) is 91.7 Å². The van der Waals surface area contributed by atoms with Crippen LogP contribution in [-0.4, -0.2) is 28.4 Å². The Balaban J connectivity index is 2.17. The lowest BCUT2D eigenvalue weighted by Crippen LogP contribution is -2.23. The smallest absolute Gasteiger partial charge is 0.335 e. The van der Waals surface area contributed by atoms with E-state index >= 15 is 0 Å². The summed E-state index contributed by atoms with van der Waals surface area (Å²) in [5, 5.41) is 17.9. The van der Waals surface area contributed by atoms with Gasteiger partial charge in [-0.3, -0.25) is 0 Å². The lowest BCUT2D eigenvalue weighted by atomic mass is 9.76. The molecule has 2 aromatic rings. The van der Waals surface area contributed by atoms with Crippen LogP contribution in [0.1, 0.15) is 45.2 Å². The summed E-state index contributed by atoms with van der Waals surface area (Å²) in [6.07, 6.45) is 2.48. The molecule has 25 heavy (non-hydrogen) atoms. The monoisotopic (exact) mass is 340 g/mol. The Hall–Kier alpha value is -2.95. The van der Waals surface area contributed by atoms with E-state index in [1.54, 1.807) is 48.5 Å². The number of carbonyl (C=O) groups excluding carboxylic acids is 1. The van der Waals surface area contributed by atoms with Crippen molar-refractivity contribution in [1.29, 1.82) is 0 Å². The molecule has 5 nitrogen and oxygen atoms in total. The highest BCUT2D eigenvalue weighted by molar-refractivity contribution is 5.88. The van der Waals surface area contributed by atoms with Crippen LogP contribution in [0.15, 0.2) is 48.5 Å². The van der Waals surface area contributed by atoms with Gasteiger partial charge in [0.2, 0.25) is 0 Å². The van der Waals surface area contributed by atoms with Gasteiger partial charge in [0.05, 0.1) is 11.1 Å². The maximum atomic E-state index is 11.1. The zero-order valence-electron chi connectivity index (χ0n) is 13.9. The van der Waals surface area contributed by atoms with Gasteiger partial charge in [-0.2, -0.15) is 0 Å². The molecule has 0 aliphatic heterocycles. The van der Waals surface area contributed by atoms with Gasteiger partial charge in [0.15, 0.2) is 0 Å². The van der Waals surface area contributed by atoms with Gasteiger partial charge in [0.1, 0.15) is 6.29 Å². The molecule has 0 unspecified atom stereocenters. The van der Waals surface area contributed by atoms with Crippen LogP contribution < -0.4 is 0 Å². The van der Waals surface area contributed by atoms with E-state index in [9.17, 15) is 14.4 Å². The minimum atomic E-state index is -0.972. The molecule has 0 atom stereocenters. The molecule has 0 saturated heterocycles. The number of rotatable bonds is 8. The van der Waals surface area contributed by atoms with Crippen LogP contribution in [0, 0.1) is 5.41 Å². The summed E-state index contributed by atoms with van der Waals surface area (Å²) in [5.74, 6) is -1.94. The fourth-order valence-electron chi connectivity index (χ4n) is 2.92. The third kappa shape index (κ3) is 5.01. The summed E-state index contributed by atoms with van der Waals surface area (Å²) in [5.41, 5.74) is 2.03. The first-order chi connectivity index (χ1) is 11.8. The average Bonchev–Trinajstić information content (AvgIpc) is 2.55. The highest BCUT2D eigenvalue weighted by Gasteiger charge is 2.25. The Kier molecular flexibility index (Phi) is 5.70. The second kappa shape index (κ2) is 7.75. The molecule has 2 aromatic carbocycles. The van der Waals surface area contributed by atoms with Crippen molar-refractivity contribution < 1.29 is 24.6 Å². The molecule has 5 heteroatoms. The normalized spacial score (nSPS) is 11.1. The second-order valence-electron chi connectivity index (χ2n) is 6.54. The fraction of sp³-hybridized carbons (Fsp3) is 0.250. The molecule has 0 aromatic heterocycles. The molecule has 0 saturated carbocycles. The average molecular weight is 340 g/mol. The van der Waals surface area contributed by atoms with Crippen LogP contribution in [0.25, 0.3) is 0 Å². The van der Waals surface area contributed by atoms with Gasteiger partial charge >= 0.3 is 11.9 Å². The molecule has 0 heterocycles. The molecule has 130 valence electrons. The highest BCUT2D eigenvalue weighted by atomic mass is 16.4. The number of carboxylic acids is 2. The molecule has 0 aliphatic carbocycles. The maximum Gasteiger partial charge on any atom is 0.335 e. The number of benzene rings is 2. The van der Waals surface area contributed by atoms with Crippen molar-refractivity contribution >= 4 is 18.2 Å². The van der Waals surface area contributed by atoms with Crippen molar-refractivity contribution in [2.75, 3.05) is 0 Å². The predicted octanol–water partition coefficient (Wildman–Crippen LogP) is 3.46. The predicted molar refractivity (Wildman–Crippen MR) is 93.0 cm³/mol. The van der Waals surface area contributed by atoms with E-state index in [1.807, 2.05) is 6.92 Å². The largest absolute Gasteiger partial charge is 0.478 e. The van der Waals surface area contributed by atoms with Crippen molar-refractivity contribution in [3.8, 4) is 0 Å². The summed E-state index contributed by atoms with van der Waals surface area (Å²) >= 11 is 0. The number of carbonyl (C=O) groups is 3. The zero-order valence-corrected chi connectivity index (χ0v) is 13.9. The lowest BCUT2D eigenvalue weighted by Gasteiger charge is -2.28. The van der Waals surface area contributed by atoms with Gasteiger partial charge < -0.3 is 15.0 Å². The first-order valence-corrected chi connectivity index (χ1v) is 7.91. The Labute approximate surface area is 145 Å². The van der Waals surface area contributed by atoms with Gasteiger partial charge in [-0.05, 0) is 53.6 Å². The minimum absolute atomic E-state index is 0.227. The van der Waals surface area contributed by atoms with E-state index in [-0.39, 0.29) is 16.5 Å². The zero-order chi connectivity index (χ0) is 18.4. The highest BCUT2D eigenvalue weighted by Crippen LogP contribution is 2.30. The van der Waals surface area contributed by atoms with Gasteiger partial charge in [-0.25, -0.2) is 9.59 Å². The number of aromatic carboxylic acids is 2. The van der Waals surface area contributed by atoms with Crippen molar-refractivity contribution in [3.05, 3.63) is 70.8 Å². The van der Waals surface area contributed by atoms with Gasteiger partial charge in [0.25, 0.3) is 0 Å². The maximum absolute atomic E-state index is 11.1. The third-order valence-corrected chi connectivity index (χ3v) is 4.24. The van der Waals surface area contributed by atoms with E-state index in [2.05, 4.69) is 0 Å². The Morgan fingerprint density at radius 1 is 0.840 bits per heavy atom. The van der Waals surface area contributed by atoms with Crippen LogP contribution in [0.5, 0.6) is 0 Å². The molecular weight excluding hydrogens is 320 g/mol. The molecule has 0 radical (unpaired) electrons. The van der Waals surface area contributed by atoms with E-state index in [1.165, 1.54) is 0 Å². The molecule has 0 amide bonds. The standard InChI is InChI=1S/C20H20O5/c1-20(10-11-21,12-14-2-6-16(7-3-14)18(22)23)13-15-4-8-17(9-5-15)19(24)25/h2-9,11H,10,12-13H2,1H3,(H,22,23)(H,24,25). The van der Waals surface area contributed by atoms with Crippen molar-refractivity contribution in [2.24, 2.45) is 5.41 Å². The second-order valence-corrected chi connectivity index (χ2v) is 6.54. The van der Waals surface area contributed by atoms with Crippen molar-refractivity contribution in [1.82, 2.24) is 0 Å². The molecule has 0 spiro atoms. The first kappa shape index (κ1) is 18.4. The number of hydrogen-bond acceptors (Lipinski definition) is 3. The number of aldehydes is 1. The quantitative estimate of drug-likeness (QED) is 0.718. The fourth-order valence-corrected chi connectivity index (χ4v) is 2.92.